The zero-order chi connectivity index (χ0) is 27.0. The van der Waals surface area contributed by atoms with Crippen LogP contribution < -0.4 is 5.32 Å². The lowest BCUT2D eigenvalue weighted by Crippen LogP contribution is -2.33. The van der Waals surface area contributed by atoms with Crippen LogP contribution in [0, 0.1) is 5.82 Å². The van der Waals surface area contributed by atoms with Crippen molar-refractivity contribution in [1.29, 1.82) is 0 Å². The first-order valence-corrected chi connectivity index (χ1v) is 11.1. The van der Waals surface area contributed by atoms with Crippen LogP contribution in [0.25, 0.3) is 10.9 Å². The minimum atomic E-state index is -4.53. The maximum atomic E-state index is 14.7. The predicted octanol–water partition coefficient (Wildman–Crippen LogP) is 4.73. The van der Waals surface area contributed by atoms with E-state index in [4.69, 9.17) is 0 Å². The molecule has 0 radical (unpaired) electrons. The highest BCUT2D eigenvalue weighted by atomic mass is 19.4. The van der Waals surface area contributed by atoms with Crippen molar-refractivity contribution < 1.29 is 32.3 Å². The fourth-order valence-electron chi connectivity index (χ4n) is 4.01. The molecule has 0 aliphatic carbocycles. The fraction of sp³-hybridized carbons (Fsp3) is 0.231. The second-order valence-corrected chi connectivity index (χ2v) is 9.11. The minimum Gasteiger partial charge on any atom is -0.394 e. The molecular formula is C26H22F4N4O3. The van der Waals surface area contributed by atoms with Gasteiger partial charge in [0.05, 0.1) is 53.4 Å². The van der Waals surface area contributed by atoms with Gasteiger partial charge in [0.15, 0.2) is 5.82 Å². The van der Waals surface area contributed by atoms with Crippen molar-refractivity contribution in [2.45, 2.75) is 32.0 Å². The molecule has 0 saturated carbocycles. The maximum Gasteiger partial charge on any atom is 0.416 e. The molecule has 37 heavy (non-hydrogen) atoms. The number of fused-ring (bicyclic) bond motifs is 1. The second kappa shape index (κ2) is 9.74. The summed E-state index contributed by atoms with van der Waals surface area (Å²) in [5.41, 5.74) is -1.33. The van der Waals surface area contributed by atoms with Crippen molar-refractivity contribution in [2.75, 3.05) is 11.9 Å². The number of amides is 1. The van der Waals surface area contributed by atoms with Crippen LogP contribution in [-0.4, -0.2) is 37.9 Å². The monoisotopic (exact) mass is 514 g/mol. The number of hydrogen-bond donors (Lipinski definition) is 2. The number of aliphatic hydroxyl groups is 1. The van der Waals surface area contributed by atoms with E-state index in [1.54, 1.807) is 13.8 Å². The molecule has 7 nitrogen and oxygen atoms in total. The molecule has 4 aromatic rings. The van der Waals surface area contributed by atoms with Gasteiger partial charge >= 0.3 is 6.18 Å². The van der Waals surface area contributed by atoms with Crippen LogP contribution in [0.2, 0.25) is 0 Å². The van der Waals surface area contributed by atoms with E-state index in [9.17, 15) is 32.3 Å². The molecule has 3 heterocycles. The van der Waals surface area contributed by atoms with E-state index in [0.29, 0.717) is 5.39 Å². The highest BCUT2D eigenvalue weighted by Crippen LogP contribution is 2.31. The Balaban J connectivity index is 1.62. The average Bonchev–Trinajstić information content (AvgIpc) is 3.25. The van der Waals surface area contributed by atoms with Gasteiger partial charge in [0.1, 0.15) is 0 Å². The van der Waals surface area contributed by atoms with E-state index in [0.717, 1.165) is 18.3 Å². The molecule has 0 aliphatic rings. The van der Waals surface area contributed by atoms with Gasteiger partial charge in [0, 0.05) is 23.3 Å². The Morgan fingerprint density at radius 3 is 2.46 bits per heavy atom. The van der Waals surface area contributed by atoms with Crippen molar-refractivity contribution in [2.24, 2.45) is 0 Å². The summed E-state index contributed by atoms with van der Waals surface area (Å²) in [6.07, 6.45) is 0.125. The number of ketones is 1. The molecule has 0 bridgehead atoms. The Morgan fingerprint density at radius 2 is 1.76 bits per heavy atom. The number of carbonyl (C=O) groups excluding carboxylic acids is 2. The number of aliphatic hydroxyl groups excluding tert-OH is 1. The number of rotatable bonds is 7. The number of pyridine rings is 2. The van der Waals surface area contributed by atoms with Crippen molar-refractivity contribution in [1.82, 2.24) is 14.5 Å². The molecule has 0 aliphatic heterocycles. The number of hydrogen-bond acceptors (Lipinski definition) is 5. The van der Waals surface area contributed by atoms with Crippen molar-refractivity contribution in [3.8, 4) is 0 Å². The fourth-order valence-corrected chi connectivity index (χ4v) is 4.01. The van der Waals surface area contributed by atoms with Crippen LogP contribution in [0.1, 0.15) is 41.0 Å². The Morgan fingerprint density at radius 1 is 1.03 bits per heavy atom. The molecule has 0 atom stereocenters. The van der Waals surface area contributed by atoms with E-state index in [-0.39, 0.29) is 41.1 Å². The first-order chi connectivity index (χ1) is 17.4. The predicted molar refractivity (Wildman–Crippen MR) is 128 cm³/mol. The summed E-state index contributed by atoms with van der Waals surface area (Å²) in [5.74, 6) is -1.81. The van der Waals surface area contributed by atoms with Gasteiger partial charge in [-0.2, -0.15) is 13.2 Å². The number of carbonyl (C=O) groups is 2. The summed E-state index contributed by atoms with van der Waals surface area (Å²) in [4.78, 5) is 33.8. The van der Waals surface area contributed by atoms with E-state index in [2.05, 4.69) is 15.3 Å². The Kier molecular flexibility index (Phi) is 6.83. The standard InChI is InChI=1S/C26H22F4N4O3/c1-25(2,14-35)34-21(9-16-10-32-13-20(27)23(16)34)24(37)17-8-19(12-31-11-17)33-22(36)7-15-4-3-5-18(6-15)26(28,29)30/h3-6,8-13,35H,7,14H2,1-2H3,(H,33,36). The van der Waals surface area contributed by atoms with Gasteiger partial charge in [-0.3, -0.25) is 19.6 Å². The molecule has 0 spiro atoms. The number of anilines is 1. The molecule has 1 amide bonds. The highest BCUT2D eigenvalue weighted by molar-refractivity contribution is 6.11. The van der Waals surface area contributed by atoms with Crippen molar-refractivity contribution in [3.63, 3.8) is 0 Å². The Bertz CT molecular complexity index is 1490. The van der Waals surface area contributed by atoms with E-state index >= 15 is 0 Å². The van der Waals surface area contributed by atoms with Crippen molar-refractivity contribution in [3.05, 3.63) is 89.4 Å². The lowest BCUT2D eigenvalue weighted by molar-refractivity contribution is -0.137. The third-order valence-corrected chi connectivity index (χ3v) is 5.79. The first-order valence-electron chi connectivity index (χ1n) is 11.1. The molecule has 0 fully saturated rings. The minimum absolute atomic E-state index is 0.0723. The van der Waals surface area contributed by atoms with E-state index in [1.165, 1.54) is 47.4 Å². The van der Waals surface area contributed by atoms with Gasteiger partial charge in [-0.25, -0.2) is 4.39 Å². The average molecular weight is 514 g/mol. The Labute approximate surface area is 208 Å². The normalized spacial score (nSPS) is 12.1. The molecule has 192 valence electrons. The summed E-state index contributed by atoms with van der Waals surface area (Å²) in [6.45, 7) is 2.90. The maximum absolute atomic E-state index is 14.7. The number of nitrogens with zero attached hydrogens (tertiary/aromatic N) is 3. The SMILES string of the molecule is CC(C)(CO)n1c(C(=O)c2cncc(NC(=O)Cc3cccc(C(F)(F)F)c3)c2)cc2cncc(F)c21. The molecule has 4 rings (SSSR count). The van der Waals surface area contributed by atoms with Gasteiger partial charge in [-0.15, -0.1) is 0 Å². The van der Waals surface area contributed by atoms with Gasteiger partial charge in [-0.05, 0) is 37.6 Å². The lowest BCUT2D eigenvalue weighted by atomic mass is 10.0. The van der Waals surface area contributed by atoms with E-state index < -0.39 is 34.8 Å². The van der Waals surface area contributed by atoms with E-state index in [1.807, 2.05) is 0 Å². The van der Waals surface area contributed by atoms with Crippen LogP contribution in [0.15, 0.2) is 61.2 Å². The summed E-state index contributed by atoms with van der Waals surface area (Å²) < 4.78 is 54.9. The largest absolute Gasteiger partial charge is 0.416 e. The van der Waals surface area contributed by atoms with Crippen LogP contribution in [-0.2, 0) is 22.9 Å². The number of halogens is 4. The summed E-state index contributed by atoms with van der Waals surface area (Å²) in [5, 5.41) is 12.8. The molecule has 11 heteroatoms. The molecule has 0 unspecified atom stereocenters. The molecule has 2 N–H and O–H groups in total. The first kappa shape index (κ1) is 26.0. The van der Waals surface area contributed by atoms with Crippen LogP contribution in [0.3, 0.4) is 0 Å². The highest BCUT2D eigenvalue weighted by Gasteiger charge is 2.31. The quantitative estimate of drug-likeness (QED) is 0.275. The topological polar surface area (TPSA) is 97.1 Å². The van der Waals surface area contributed by atoms with Crippen LogP contribution >= 0.6 is 0 Å². The summed E-state index contributed by atoms with van der Waals surface area (Å²) >= 11 is 0. The van der Waals surface area contributed by atoms with Gasteiger partial charge < -0.3 is 15.0 Å². The number of nitrogens with one attached hydrogen (secondary N) is 1. The Hall–Kier alpha value is -4.12. The zero-order valence-corrected chi connectivity index (χ0v) is 19.8. The third kappa shape index (κ3) is 5.36. The van der Waals surface area contributed by atoms with Gasteiger partial charge in [0.25, 0.3) is 0 Å². The zero-order valence-electron chi connectivity index (χ0n) is 19.8. The third-order valence-electron chi connectivity index (χ3n) is 5.79. The second-order valence-electron chi connectivity index (χ2n) is 9.11. The van der Waals surface area contributed by atoms with Crippen LogP contribution in [0.4, 0.5) is 23.2 Å². The molecule has 1 aromatic carbocycles. The van der Waals surface area contributed by atoms with Crippen molar-refractivity contribution >= 4 is 28.3 Å². The smallest absolute Gasteiger partial charge is 0.394 e. The molecule has 3 aromatic heterocycles. The number of aromatic nitrogens is 3. The number of alkyl halides is 3. The molecular weight excluding hydrogens is 492 g/mol. The lowest BCUT2D eigenvalue weighted by Gasteiger charge is -2.28. The van der Waals surface area contributed by atoms with Gasteiger partial charge in [-0.1, -0.05) is 18.2 Å². The summed E-state index contributed by atoms with van der Waals surface area (Å²) in [6, 6.07) is 7.26. The number of benzene rings is 1. The van der Waals surface area contributed by atoms with Gasteiger partial charge in [0.2, 0.25) is 11.7 Å². The summed E-state index contributed by atoms with van der Waals surface area (Å²) in [7, 11) is 0. The molecule has 0 saturated heterocycles. The van der Waals surface area contributed by atoms with Crippen LogP contribution in [0.5, 0.6) is 0 Å².